The molecule has 24 heavy (non-hydrogen) atoms. The molecule has 2 heterocycles. The van der Waals surface area contributed by atoms with Crippen molar-refractivity contribution in [1.29, 1.82) is 0 Å². The zero-order chi connectivity index (χ0) is 16.7. The van der Waals surface area contributed by atoms with Gasteiger partial charge in [0.2, 0.25) is 0 Å². The number of carbonyl (C=O) groups excluding carboxylic acids is 1. The van der Waals surface area contributed by atoms with Gasteiger partial charge in [-0.25, -0.2) is 0 Å². The highest BCUT2D eigenvalue weighted by Gasteiger charge is 2.44. The Morgan fingerprint density at radius 3 is 2.58 bits per heavy atom. The first-order chi connectivity index (χ1) is 11.7. The summed E-state index contributed by atoms with van der Waals surface area (Å²) in [7, 11) is 0. The van der Waals surface area contributed by atoms with E-state index in [9.17, 15) is 4.79 Å². The maximum atomic E-state index is 13.5. The van der Waals surface area contributed by atoms with Crippen LogP contribution in [0.3, 0.4) is 0 Å². The van der Waals surface area contributed by atoms with E-state index in [-0.39, 0.29) is 5.78 Å². The van der Waals surface area contributed by atoms with Gasteiger partial charge >= 0.3 is 0 Å². The van der Waals surface area contributed by atoms with E-state index < -0.39 is 4.75 Å². The molecule has 0 saturated heterocycles. The molecule has 0 bridgehead atoms. The van der Waals surface area contributed by atoms with Gasteiger partial charge in [0.15, 0.2) is 5.78 Å². The molecule has 2 nitrogen and oxygen atoms in total. The molecule has 0 unspecified atom stereocenters. The minimum Gasteiger partial charge on any atom is -0.313 e. The van der Waals surface area contributed by atoms with Crippen LogP contribution in [0.4, 0.5) is 0 Å². The number of thioether (sulfide) groups is 1. The number of hydrogen-bond acceptors (Lipinski definition) is 2. The van der Waals surface area contributed by atoms with Crippen molar-refractivity contribution in [3.8, 4) is 5.69 Å². The average Bonchev–Trinajstić information content (AvgIpc) is 3.07. The number of rotatable bonds is 2. The zero-order valence-corrected chi connectivity index (χ0v) is 14.8. The molecule has 1 aromatic heterocycles. The second-order valence-electron chi connectivity index (χ2n) is 5.83. The molecule has 120 valence electrons. The number of fused-ring (bicyclic) bond motifs is 3. The Kier molecular flexibility index (Phi) is 3.78. The van der Waals surface area contributed by atoms with Gasteiger partial charge in [-0.3, -0.25) is 4.79 Å². The topological polar surface area (TPSA) is 22.0 Å². The van der Waals surface area contributed by atoms with Crippen LogP contribution >= 0.6 is 23.4 Å². The van der Waals surface area contributed by atoms with E-state index in [2.05, 4.69) is 6.92 Å². The predicted molar refractivity (Wildman–Crippen MR) is 99.4 cm³/mol. The molecule has 4 heteroatoms. The molecular weight excluding hydrogens is 338 g/mol. The smallest absolute Gasteiger partial charge is 0.200 e. The van der Waals surface area contributed by atoms with E-state index in [0.29, 0.717) is 17.1 Å². The normalized spacial score (nSPS) is 19.5. The van der Waals surface area contributed by atoms with Gasteiger partial charge in [0.05, 0.1) is 21.3 Å². The SMILES string of the molecule is CC[C@]1(c2ccccc2)Sc2c(Cl)cccc2-n2cccc2C1=O. The number of hydrogen-bond donors (Lipinski definition) is 0. The van der Waals surface area contributed by atoms with Crippen LogP contribution in [0.25, 0.3) is 5.69 Å². The standard InChI is InChI=1S/C20H16ClNOS/c1-2-20(14-8-4-3-5-9-14)19(23)17-12-7-13-22(17)16-11-6-10-15(21)18(16)24-20/h3-13H,2H2,1H3/t20-/m1/s1. The highest BCUT2D eigenvalue weighted by molar-refractivity contribution is 8.01. The monoisotopic (exact) mass is 353 g/mol. The first-order valence-corrected chi connectivity index (χ1v) is 9.12. The molecule has 0 fully saturated rings. The van der Waals surface area contributed by atoms with Crippen molar-refractivity contribution in [3.63, 3.8) is 0 Å². The summed E-state index contributed by atoms with van der Waals surface area (Å²) < 4.78 is 1.28. The van der Waals surface area contributed by atoms with Crippen molar-refractivity contribution in [3.05, 3.63) is 83.1 Å². The minimum absolute atomic E-state index is 0.124. The molecule has 0 N–H and O–H groups in total. The van der Waals surface area contributed by atoms with E-state index in [1.165, 1.54) is 0 Å². The van der Waals surface area contributed by atoms with E-state index >= 15 is 0 Å². The van der Waals surface area contributed by atoms with Crippen LogP contribution in [-0.4, -0.2) is 10.4 Å². The molecule has 0 saturated carbocycles. The zero-order valence-electron chi connectivity index (χ0n) is 13.2. The summed E-state index contributed by atoms with van der Waals surface area (Å²) in [6.07, 6.45) is 2.62. The number of Topliss-reactive ketones (excluding diaryl/α,β-unsaturated/α-hetero) is 1. The first kappa shape index (κ1) is 15.6. The van der Waals surface area contributed by atoms with Gasteiger partial charge in [-0.05, 0) is 36.2 Å². The van der Waals surface area contributed by atoms with Gasteiger partial charge in [0.1, 0.15) is 4.75 Å². The molecule has 0 spiro atoms. The van der Waals surface area contributed by atoms with Gasteiger partial charge in [-0.2, -0.15) is 0 Å². The Morgan fingerprint density at radius 2 is 1.83 bits per heavy atom. The summed E-state index contributed by atoms with van der Waals surface area (Å²) in [5.41, 5.74) is 2.68. The summed E-state index contributed by atoms with van der Waals surface area (Å²) in [6, 6.07) is 19.6. The maximum Gasteiger partial charge on any atom is 0.200 e. The second-order valence-corrected chi connectivity index (χ2v) is 7.55. The number of benzene rings is 2. The van der Waals surface area contributed by atoms with E-state index in [1.807, 2.05) is 71.4 Å². The number of aromatic nitrogens is 1. The molecule has 1 aliphatic heterocycles. The third-order valence-electron chi connectivity index (χ3n) is 4.57. The minimum atomic E-state index is -0.673. The summed E-state index contributed by atoms with van der Waals surface area (Å²) in [6.45, 7) is 2.06. The van der Waals surface area contributed by atoms with Crippen LogP contribution in [0, 0.1) is 0 Å². The summed E-state index contributed by atoms with van der Waals surface area (Å²) in [5.74, 6) is 0.124. The van der Waals surface area contributed by atoms with Crippen molar-refractivity contribution in [1.82, 2.24) is 4.57 Å². The molecule has 0 amide bonds. The number of carbonyl (C=O) groups is 1. The van der Waals surface area contributed by atoms with E-state index in [4.69, 9.17) is 11.6 Å². The summed E-state index contributed by atoms with van der Waals surface area (Å²) >= 11 is 8.09. The van der Waals surface area contributed by atoms with Crippen molar-refractivity contribution < 1.29 is 4.79 Å². The van der Waals surface area contributed by atoms with Crippen molar-refractivity contribution >= 4 is 29.1 Å². The van der Waals surface area contributed by atoms with Crippen LogP contribution in [0.1, 0.15) is 29.4 Å². The Balaban J connectivity index is 2.05. The van der Waals surface area contributed by atoms with Crippen LogP contribution in [0.2, 0.25) is 5.02 Å². The van der Waals surface area contributed by atoms with Crippen molar-refractivity contribution in [2.45, 2.75) is 23.0 Å². The Bertz CT molecular complexity index is 918. The van der Waals surface area contributed by atoms with E-state index in [0.717, 1.165) is 16.1 Å². The fourth-order valence-electron chi connectivity index (χ4n) is 3.33. The average molecular weight is 354 g/mol. The highest BCUT2D eigenvalue weighted by Crippen LogP contribution is 2.52. The third kappa shape index (κ3) is 2.15. The number of halogens is 1. The van der Waals surface area contributed by atoms with Gasteiger partial charge in [-0.1, -0.05) is 54.9 Å². The van der Waals surface area contributed by atoms with Crippen molar-refractivity contribution in [2.24, 2.45) is 0 Å². The molecular formula is C20H16ClNOS. The van der Waals surface area contributed by atoms with Crippen molar-refractivity contribution in [2.75, 3.05) is 0 Å². The maximum absolute atomic E-state index is 13.5. The van der Waals surface area contributed by atoms with Crippen LogP contribution in [0.15, 0.2) is 71.8 Å². The molecule has 1 atom stereocenters. The molecule has 1 aliphatic rings. The fourth-order valence-corrected chi connectivity index (χ4v) is 4.99. The molecule has 2 aromatic carbocycles. The van der Waals surface area contributed by atoms with Gasteiger partial charge in [0, 0.05) is 6.20 Å². The largest absolute Gasteiger partial charge is 0.313 e. The third-order valence-corrected chi connectivity index (χ3v) is 6.69. The fraction of sp³-hybridized carbons (Fsp3) is 0.150. The Hall–Kier alpha value is -1.97. The van der Waals surface area contributed by atoms with Gasteiger partial charge < -0.3 is 4.57 Å². The first-order valence-electron chi connectivity index (χ1n) is 7.93. The predicted octanol–water partition coefficient (Wildman–Crippen LogP) is 5.72. The van der Waals surface area contributed by atoms with Crippen LogP contribution in [0.5, 0.6) is 0 Å². The number of ketones is 1. The molecule has 3 aromatic rings. The highest BCUT2D eigenvalue weighted by atomic mass is 35.5. The lowest BCUT2D eigenvalue weighted by atomic mass is 9.89. The van der Waals surface area contributed by atoms with Crippen LogP contribution < -0.4 is 0 Å². The lowest BCUT2D eigenvalue weighted by Gasteiger charge is -2.30. The lowest BCUT2D eigenvalue weighted by Crippen LogP contribution is -2.32. The quantitative estimate of drug-likeness (QED) is 0.587. The van der Waals surface area contributed by atoms with Crippen LogP contribution in [-0.2, 0) is 4.75 Å². The Labute approximate surface area is 150 Å². The summed E-state index contributed by atoms with van der Waals surface area (Å²) in [5, 5.41) is 0.681. The molecule has 4 rings (SSSR count). The van der Waals surface area contributed by atoms with Gasteiger partial charge in [0.25, 0.3) is 0 Å². The number of nitrogens with zero attached hydrogens (tertiary/aromatic N) is 1. The molecule has 0 radical (unpaired) electrons. The Morgan fingerprint density at radius 1 is 1.04 bits per heavy atom. The van der Waals surface area contributed by atoms with Gasteiger partial charge in [-0.15, -0.1) is 11.8 Å². The lowest BCUT2D eigenvalue weighted by molar-refractivity contribution is 0.0933. The summed E-state index contributed by atoms with van der Waals surface area (Å²) in [4.78, 5) is 14.5. The second kappa shape index (κ2) is 5.83. The molecule has 0 aliphatic carbocycles. The van der Waals surface area contributed by atoms with E-state index in [1.54, 1.807) is 11.8 Å².